The van der Waals surface area contributed by atoms with Crippen molar-refractivity contribution in [3.8, 4) is 22.8 Å². The van der Waals surface area contributed by atoms with Gasteiger partial charge in [0, 0.05) is 44.4 Å². The zero-order valence-electron chi connectivity index (χ0n) is 23.5. The van der Waals surface area contributed by atoms with Gasteiger partial charge in [0.25, 0.3) is 5.91 Å². The molecule has 0 unspecified atom stereocenters. The number of aromatic nitrogens is 2. The summed E-state index contributed by atoms with van der Waals surface area (Å²) in [5.41, 5.74) is 1.47. The molecule has 0 N–H and O–H groups in total. The molecule has 1 saturated heterocycles. The molecule has 212 valence electrons. The third-order valence-corrected chi connectivity index (χ3v) is 6.81. The normalized spacial score (nSPS) is 13.7. The highest BCUT2D eigenvalue weighted by Gasteiger charge is 2.26. The van der Waals surface area contributed by atoms with Crippen LogP contribution in [0.15, 0.2) is 54.6 Å². The summed E-state index contributed by atoms with van der Waals surface area (Å²) in [6.45, 7) is 6.54. The molecule has 9 nitrogen and oxygen atoms in total. The first-order valence-corrected chi connectivity index (χ1v) is 13.4. The van der Waals surface area contributed by atoms with Crippen LogP contribution in [0, 0.1) is 11.7 Å². The Morgan fingerprint density at radius 1 is 0.975 bits per heavy atom. The average Bonchev–Trinajstić information content (AvgIpc) is 3.23. The van der Waals surface area contributed by atoms with Crippen LogP contribution in [-0.2, 0) is 4.79 Å². The Kier molecular flexibility index (Phi) is 9.52. The van der Waals surface area contributed by atoms with E-state index in [4.69, 9.17) is 9.47 Å². The fourth-order valence-corrected chi connectivity index (χ4v) is 4.77. The number of carbonyl (C=O) groups is 2. The summed E-state index contributed by atoms with van der Waals surface area (Å²) in [5, 5.41) is 8.88. The lowest BCUT2D eigenvalue weighted by molar-refractivity contribution is -0.131. The SMILES string of the molecule is COc1ccc(-c2ccc(N3CCCN(C(=O)CN(CC(C)C)C(=O)c4ccccc4F)CC3)nn2)c(OC)c1. The van der Waals surface area contributed by atoms with Crippen molar-refractivity contribution in [2.24, 2.45) is 5.92 Å². The predicted octanol–water partition coefficient (Wildman–Crippen LogP) is 4.14. The molecule has 2 aromatic carbocycles. The van der Waals surface area contributed by atoms with E-state index in [2.05, 4.69) is 15.1 Å². The van der Waals surface area contributed by atoms with E-state index in [9.17, 15) is 14.0 Å². The number of nitrogens with zero attached hydrogens (tertiary/aromatic N) is 5. The lowest BCUT2D eigenvalue weighted by Crippen LogP contribution is -2.45. The van der Waals surface area contributed by atoms with Crippen LogP contribution in [0.1, 0.15) is 30.6 Å². The Labute approximate surface area is 234 Å². The standard InChI is InChI=1S/C30H36FN5O4/c1-21(2)19-36(30(38)23-8-5-6-9-25(23)31)20-29(37)35-15-7-14-34(16-17-35)28-13-12-26(32-33-28)24-11-10-22(39-3)18-27(24)40-4/h5-6,8-13,18,21H,7,14-17,19-20H2,1-4H3. The van der Waals surface area contributed by atoms with Crippen molar-refractivity contribution in [3.63, 3.8) is 0 Å². The number of rotatable bonds is 9. The molecule has 40 heavy (non-hydrogen) atoms. The average molecular weight is 550 g/mol. The van der Waals surface area contributed by atoms with Gasteiger partial charge in [0.1, 0.15) is 23.9 Å². The van der Waals surface area contributed by atoms with E-state index in [0.29, 0.717) is 49.9 Å². The fourth-order valence-electron chi connectivity index (χ4n) is 4.77. The van der Waals surface area contributed by atoms with Gasteiger partial charge in [-0.2, -0.15) is 0 Å². The molecule has 1 aromatic heterocycles. The van der Waals surface area contributed by atoms with Crippen molar-refractivity contribution in [1.82, 2.24) is 20.0 Å². The first kappa shape index (κ1) is 28.8. The quantitative estimate of drug-likeness (QED) is 0.397. The van der Waals surface area contributed by atoms with Crippen LogP contribution in [0.5, 0.6) is 11.5 Å². The summed E-state index contributed by atoms with van der Waals surface area (Å²) in [6.07, 6.45) is 0.743. The first-order chi connectivity index (χ1) is 19.3. The van der Waals surface area contributed by atoms with Gasteiger partial charge in [0.05, 0.1) is 25.5 Å². The molecule has 3 aromatic rings. The van der Waals surface area contributed by atoms with Crippen molar-refractivity contribution < 1.29 is 23.5 Å². The Balaban J connectivity index is 1.41. The number of anilines is 1. The second-order valence-corrected chi connectivity index (χ2v) is 10.1. The molecule has 0 radical (unpaired) electrons. The maximum atomic E-state index is 14.3. The van der Waals surface area contributed by atoms with E-state index < -0.39 is 11.7 Å². The third kappa shape index (κ3) is 6.86. The second-order valence-electron chi connectivity index (χ2n) is 10.1. The van der Waals surface area contributed by atoms with Crippen molar-refractivity contribution >= 4 is 17.6 Å². The molecule has 0 bridgehead atoms. The Morgan fingerprint density at radius 2 is 1.77 bits per heavy atom. The Bertz CT molecular complexity index is 1320. The van der Waals surface area contributed by atoms with E-state index in [1.54, 1.807) is 37.3 Å². The third-order valence-electron chi connectivity index (χ3n) is 6.81. The second kappa shape index (κ2) is 13.2. The molecule has 1 aliphatic heterocycles. The van der Waals surface area contributed by atoms with Gasteiger partial charge < -0.3 is 24.2 Å². The van der Waals surface area contributed by atoms with E-state index in [0.717, 1.165) is 17.8 Å². The van der Waals surface area contributed by atoms with Crippen LogP contribution in [0.2, 0.25) is 0 Å². The van der Waals surface area contributed by atoms with Crippen molar-refractivity contribution in [2.75, 3.05) is 58.4 Å². The summed E-state index contributed by atoms with van der Waals surface area (Å²) < 4.78 is 25.1. The van der Waals surface area contributed by atoms with Gasteiger partial charge in [-0.15, -0.1) is 10.2 Å². The van der Waals surface area contributed by atoms with E-state index in [1.165, 1.54) is 17.0 Å². The largest absolute Gasteiger partial charge is 0.497 e. The minimum absolute atomic E-state index is 0.0210. The summed E-state index contributed by atoms with van der Waals surface area (Å²) >= 11 is 0. The van der Waals surface area contributed by atoms with Gasteiger partial charge in [-0.25, -0.2) is 4.39 Å². The monoisotopic (exact) mass is 549 g/mol. The Hall–Kier alpha value is -4.21. The molecule has 2 heterocycles. The fraction of sp³-hybridized carbons (Fsp3) is 0.400. The zero-order chi connectivity index (χ0) is 28.6. The molecule has 1 aliphatic rings. The van der Waals surface area contributed by atoms with Gasteiger partial charge in [-0.05, 0) is 48.7 Å². The Morgan fingerprint density at radius 3 is 2.45 bits per heavy atom. The molecule has 0 saturated carbocycles. The van der Waals surface area contributed by atoms with Crippen molar-refractivity contribution in [1.29, 1.82) is 0 Å². The van der Waals surface area contributed by atoms with Crippen LogP contribution >= 0.6 is 0 Å². The summed E-state index contributed by atoms with van der Waals surface area (Å²) in [7, 11) is 3.20. The van der Waals surface area contributed by atoms with Crippen molar-refractivity contribution in [3.05, 3.63) is 66.0 Å². The number of ether oxygens (including phenoxy) is 2. The summed E-state index contributed by atoms with van der Waals surface area (Å²) in [5.74, 6) is 0.977. The smallest absolute Gasteiger partial charge is 0.257 e. The number of carbonyl (C=O) groups excluding carboxylic acids is 2. The number of hydrogen-bond donors (Lipinski definition) is 0. The van der Waals surface area contributed by atoms with Gasteiger partial charge in [0.15, 0.2) is 5.82 Å². The predicted molar refractivity (Wildman–Crippen MR) is 151 cm³/mol. The summed E-state index contributed by atoms with van der Waals surface area (Å²) in [4.78, 5) is 31.7. The molecule has 0 aliphatic carbocycles. The molecular weight excluding hydrogens is 513 g/mol. The molecule has 2 amide bonds. The van der Waals surface area contributed by atoms with Crippen LogP contribution in [-0.4, -0.2) is 85.3 Å². The van der Waals surface area contributed by atoms with Crippen LogP contribution in [0.25, 0.3) is 11.3 Å². The molecule has 0 atom stereocenters. The number of halogens is 1. The molecule has 4 rings (SSSR count). The maximum Gasteiger partial charge on any atom is 0.257 e. The molecule has 1 fully saturated rings. The van der Waals surface area contributed by atoms with Crippen LogP contribution < -0.4 is 14.4 Å². The van der Waals surface area contributed by atoms with Crippen LogP contribution in [0.3, 0.4) is 0 Å². The lowest BCUT2D eigenvalue weighted by atomic mass is 10.1. The number of methoxy groups -OCH3 is 2. The van der Waals surface area contributed by atoms with E-state index >= 15 is 0 Å². The number of hydrogen-bond acceptors (Lipinski definition) is 7. The highest BCUT2D eigenvalue weighted by molar-refractivity contribution is 5.96. The molecule has 0 spiro atoms. The van der Waals surface area contributed by atoms with Crippen molar-refractivity contribution in [2.45, 2.75) is 20.3 Å². The van der Waals surface area contributed by atoms with E-state index in [1.807, 2.05) is 38.1 Å². The lowest BCUT2D eigenvalue weighted by Gasteiger charge is -2.28. The van der Waals surface area contributed by atoms with Gasteiger partial charge in [-0.3, -0.25) is 9.59 Å². The zero-order valence-corrected chi connectivity index (χ0v) is 23.5. The first-order valence-electron chi connectivity index (χ1n) is 13.4. The van der Waals surface area contributed by atoms with Gasteiger partial charge in [-0.1, -0.05) is 26.0 Å². The minimum atomic E-state index is -0.586. The highest BCUT2D eigenvalue weighted by atomic mass is 19.1. The minimum Gasteiger partial charge on any atom is -0.497 e. The van der Waals surface area contributed by atoms with Gasteiger partial charge in [0.2, 0.25) is 5.91 Å². The number of benzene rings is 2. The molecular formula is C30H36FN5O4. The maximum absolute atomic E-state index is 14.3. The highest BCUT2D eigenvalue weighted by Crippen LogP contribution is 2.32. The number of amides is 2. The topological polar surface area (TPSA) is 88.1 Å². The van der Waals surface area contributed by atoms with Crippen LogP contribution in [0.4, 0.5) is 10.2 Å². The molecule has 10 heteroatoms. The summed E-state index contributed by atoms with van der Waals surface area (Å²) in [6, 6.07) is 15.2. The van der Waals surface area contributed by atoms with E-state index in [-0.39, 0.29) is 23.9 Å². The van der Waals surface area contributed by atoms with Gasteiger partial charge >= 0.3 is 0 Å².